The summed E-state index contributed by atoms with van der Waals surface area (Å²) in [6.07, 6.45) is 0.542. The van der Waals surface area contributed by atoms with Crippen LogP contribution in [0.5, 0.6) is 0 Å². The average Bonchev–Trinajstić information content (AvgIpc) is 3.23. The van der Waals surface area contributed by atoms with Gasteiger partial charge < -0.3 is 5.32 Å². The fourth-order valence-electron chi connectivity index (χ4n) is 3.28. The van der Waals surface area contributed by atoms with Gasteiger partial charge in [-0.2, -0.15) is 5.10 Å². The van der Waals surface area contributed by atoms with Gasteiger partial charge in [0, 0.05) is 22.2 Å². The van der Waals surface area contributed by atoms with E-state index in [1.165, 1.54) is 4.68 Å². The number of halogens is 5. The van der Waals surface area contributed by atoms with Crippen molar-refractivity contribution in [2.75, 3.05) is 6.54 Å². The van der Waals surface area contributed by atoms with Crippen LogP contribution in [0.25, 0.3) is 16.9 Å². The summed E-state index contributed by atoms with van der Waals surface area (Å²) in [7, 11) is 0. The molecule has 4 rings (SSSR count). The van der Waals surface area contributed by atoms with Crippen LogP contribution in [0.4, 0.5) is 0 Å². The van der Waals surface area contributed by atoms with E-state index in [0.717, 1.165) is 5.56 Å². The standard InChI is InChI=1S/C24H16Cl5N3O/c25-15-6-5-14(20(28)11-15)9-10-30-24(33)23-13-22(17-3-1-2-4-18(17)26)31-32(23)16-7-8-19(27)21(29)12-16/h1-8,11-13H,9-10H2,(H,30,33). The topological polar surface area (TPSA) is 46.9 Å². The highest BCUT2D eigenvalue weighted by Gasteiger charge is 2.19. The molecule has 9 heteroatoms. The first-order valence-electron chi connectivity index (χ1n) is 9.86. The Hall–Kier alpha value is -2.21. The summed E-state index contributed by atoms with van der Waals surface area (Å²) in [6, 6.07) is 19.3. The molecular formula is C24H16Cl5N3O. The number of carbonyl (C=O) groups excluding carboxylic acids is 1. The van der Waals surface area contributed by atoms with Gasteiger partial charge in [-0.25, -0.2) is 4.68 Å². The van der Waals surface area contributed by atoms with Gasteiger partial charge in [0.2, 0.25) is 0 Å². The van der Waals surface area contributed by atoms with Gasteiger partial charge in [0.05, 0.1) is 26.4 Å². The van der Waals surface area contributed by atoms with Crippen LogP contribution in [0.1, 0.15) is 16.1 Å². The third kappa shape index (κ3) is 5.48. The van der Waals surface area contributed by atoms with Gasteiger partial charge in [0.1, 0.15) is 5.69 Å². The van der Waals surface area contributed by atoms with Crippen LogP contribution in [0, 0.1) is 0 Å². The molecular weight excluding hydrogens is 524 g/mol. The number of benzene rings is 3. The first-order chi connectivity index (χ1) is 15.8. The molecule has 1 amide bonds. The van der Waals surface area contributed by atoms with Crippen LogP contribution in [0.15, 0.2) is 66.7 Å². The van der Waals surface area contributed by atoms with Crippen molar-refractivity contribution in [2.45, 2.75) is 6.42 Å². The lowest BCUT2D eigenvalue weighted by atomic mass is 10.1. The van der Waals surface area contributed by atoms with E-state index >= 15 is 0 Å². The number of carbonyl (C=O) groups is 1. The van der Waals surface area contributed by atoms with E-state index in [4.69, 9.17) is 58.0 Å². The Morgan fingerprint density at radius 2 is 1.61 bits per heavy atom. The molecule has 4 aromatic rings. The molecule has 0 fully saturated rings. The van der Waals surface area contributed by atoms with E-state index in [1.54, 1.807) is 42.5 Å². The molecule has 0 atom stereocenters. The van der Waals surface area contributed by atoms with Crippen molar-refractivity contribution < 1.29 is 4.79 Å². The Bertz CT molecular complexity index is 1340. The number of nitrogens with zero attached hydrogens (tertiary/aromatic N) is 2. The van der Waals surface area contributed by atoms with Gasteiger partial charge in [-0.3, -0.25) is 4.79 Å². The van der Waals surface area contributed by atoms with Gasteiger partial charge in [0.15, 0.2) is 0 Å². The summed E-state index contributed by atoms with van der Waals surface area (Å²) < 4.78 is 1.52. The van der Waals surface area contributed by atoms with Gasteiger partial charge in [0.25, 0.3) is 5.91 Å². The van der Waals surface area contributed by atoms with Gasteiger partial charge in [-0.15, -0.1) is 0 Å². The number of nitrogens with one attached hydrogen (secondary N) is 1. The molecule has 1 heterocycles. The summed E-state index contributed by atoms with van der Waals surface area (Å²) in [6.45, 7) is 0.369. The lowest BCUT2D eigenvalue weighted by molar-refractivity contribution is 0.0946. The van der Waals surface area contributed by atoms with Crippen molar-refractivity contribution in [2.24, 2.45) is 0 Å². The Morgan fingerprint density at radius 3 is 2.33 bits per heavy atom. The summed E-state index contributed by atoms with van der Waals surface area (Å²) in [5, 5.41) is 9.95. The lowest BCUT2D eigenvalue weighted by Crippen LogP contribution is -2.28. The Kier molecular flexibility index (Phi) is 7.52. The van der Waals surface area contributed by atoms with Crippen LogP contribution < -0.4 is 5.32 Å². The minimum Gasteiger partial charge on any atom is -0.350 e. The average molecular weight is 540 g/mol. The molecule has 4 nitrogen and oxygen atoms in total. The number of hydrogen-bond acceptors (Lipinski definition) is 2. The van der Waals surface area contributed by atoms with E-state index in [2.05, 4.69) is 10.4 Å². The largest absolute Gasteiger partial charge is 0.350 e. The second-order valence-corrected chi connectivity index (χ2v) is 9.21. The Balaban J connectivity index is 1.64. The molecule has 0 spiro atoms. The SMILES string of the molecule is O=C(NCCc1ccc(Cl)cc1Cl)c1cc(-c2ccccc2Cl)nn1-c1ccc(Cl)c(Cl)c1. The van der Waals surface area contributed by atoms with E-state index in [-0.39, 0.29) is 5.91 Å². The van der Waals surface area contributed by atoms with Crippen molar-refractivity contribution in [3.8, 4) is 16.9 Å². The molecule has 0 bridgehead atoms. The van der Waals surface area contributed by atoms with E-state index in [1.807, 2.05) is 24.3 Å². The summed E-state index contributed by atoms with van der Waals surface area (Å²) in [5.74, 6) is -0.308. The third-order valence-electron chi connectivity index (χ3n) is 4.93. The van der Waals surface area contributed by atoms with Crippen LogP contribution >= 0.6 is 58.0 Å². The second kappa shape index (κ2) is 10.4. The zero-order valence-electron chi connectivity index (χ0n) is 17.0. The minimum absolute atomic E-state index is 0.308. The van der Waals surface area contributed by atoms with Crippen molar-refractivity contribution in [1.29, 1.82) is 0 Å². The molecule has 168 valence electrons. The van der Waals surface area contributed by atoms with E-state index in [9.17, 15) is 4.79 Å². The Morgan fingerprint density at radius 1 is 0.818 bits per heavy atom. The quantitative estimate of drug-likeness (QED) is 0.272. The maximum atomic E-state index is 13.1. The van der Waals surface area contributed by atoms with Crippen LogP contribution in [-0.4, -0.2) is 22.2 Å². The predicted octanol–water partition coefficient (Wildman–Crippen LogP) is 7.78. The highest BCUT2D eigenvalue weighted by atomic mass is 35.5. The first-order valence-corrected chi connectivity index (χ1v) is 11.7. The molecule has 33 heavy (non-hydrogen) atoms. The molecule has 3 aromatic carbocycles. The van der Waals surface area contributed by atoms with E-state index in [0.29, 0.717) is 60.7 Å². The fraction of sp³-hybridized carbons (Fsp3) is 0.0833. The predicted molar refractivity (Wildman–Crippen MR) is 137 cm³/mol. The monoisotopic (exact) mass is 537 g/mol. The summed E-state index contributed by atoms with van der Waals surface area (Å²) >= 11 is 30.8. The third-order valence-corrected chi connectivity index (χ3v) is 6.59. The zero-order valence-corrected chi connectivity index (χ0v) is 20.7. The van der Waals surface area contributed by atoms with Crippen LogP contribution in [0.3, 0.4) is 0 Å². The fourth-order valence-corrected chi connectivity index (χ4v) is 4.31. The smallest absolute Gasteiger partial charge is 0.270 e. The molecule has 1 N–H and O–H groups in total. The van der Waals surface area contributed by atoms with Crippen molar-refractivity contribution in [3.05, 3.63) is 103 Å². The van der Waals surface area contributed by atoms with Gasteiger partial charge in [-0.1, -0.05) is 82.3 Å². The molecule has 0 aliphatic carbocycles. The molecule has 0 aliphatic rings. The first kappa shape index (κ1) is 23.9. The minimum atomic E-state index is -0.308. The number of hydrogen-bond donors (Lipinski definition) is 1. The van der Waals surface area contributed by atoms with Gasteiger partial charge >= 0.3 is 0 Å². The number of amides is 1. The highest BCUT2D eigenvalue weighted by Crippen LogP contribution is 2.30. The second-order valence-electron chi connectivity index (χ2n) is 7.15. The van der Waals surface area contributed by atoms with Crippen molar-refractivity contribution in [3.63, 3.8) is 0 Å². The number of rotatable bonds is 6. The van der Waals surface area contributed by atoms with Crippen molar-refractivity contribution >= 4 is 63.9 Å². The molecule has 0 aliphatic heterocycles. The zero-order chi connectivity index (χ0) is 23.5. The normalized spacial score (nSPS) is 10.9. The molecule has 0 unspecified atom stereocenters. The van der Waals surface area contributed by atoms with Crippen LogP contribution in [-0.2, 0) is 6.42 Å². The summed E-state index contributed by atoms with van der Waals surface area (Å²) in [4.78, 5) is 13.1. The maximum Gasteiger partial charge on any atom is 0.270 e. The van der Waals surface area contributed by atoms with E-state index < -0.39 is 0 Å². The van der Waals surface area contributed by atoms with Crippen LogP contribution in [0.2, 0.25) is 25.1 Å². The summed E-state index contributed by atoms with van der Waals surface area (Å²) in [5.41, 5.74) is 3.06. The molecule has 0 radical (unpaired) electrons. The maximum absolute atomic E-state index is 13.1. The van der Waals surface area contributed by atoms with Crippen molar-refractivity contribution in [1.82, 2.24) is 15.1 Å². The molecule has 0 saturated heterocycles. The van der Waals surface area contributed by atoms with Gasteiger partial charge in [-0.05, 0) is 54.4 Å². The number of aromatic nitrogens is 2. The Labute approximate surface area is 216 Å². The molecule has 1 aromatic heterocycles. The highest BCUT2D eigenvalue weighted by molar-refractivity contribution is 6.42. The lowest BCUT2D eigenvalue weighted by Gasteiger charge is -2.10. The molecule has 0 saturated carbocycles.